The fourth-order valence-corrected chi connectivity index (χ4v) is 3.02. The number of aliphatic hydroxyl groups is 1. The quantitative estimate of drug-likeness (QED) is 0.825. The topological polar surface area (TPSA) is 64.4 Å². The molecule has 1 unspecified atom stereocenters. The SMILES string of the molecule is CN1C(=O)C(C(=N)c2ccccc2)=C(O)CC1c1ccc(Cl)cc1. The van der Waals surface area contributed by atoms with Crippen LogP contribution in [0.3, 0.4) is 0 Å². The molecule has 2 N–H and O–H groups in total. The van der Waals surface area contributed by atoms with E-state index in [-0.39, 0.29) is 35.4 Å². The Labute approximate surface area is 145 Å². The highest BCUT2D eigenvalue weighted by Gasteiger charge is 2.35. The van der Waals surface area contributed by atoms with Crippen molar-refractivity contribution in [3.8, 4) is 0 Å². The van der Waals surface area contributed by atoms with Crippen LogP contribution in [-0.4, -0.2) is 28.7 Å². The molecule has 1 amide bonds. The van der Waals surface area contributed by atoms with Crippen LogP contribution in [0.4, 0.5) is 0 Å². The summed E-state index contributed by atoms with van der Waals surface area (Å²) in [5.74, 6) is -0.403. The minimum absolute atomic E-state index is 0.0412. The maximum atomic E-state index is 12.7. The van der Waals surface area contributed by atoms with Crippen LogP contribution >= 0.6 is 11.6 Å². The Morgan fingerprint density at radius 2 is 1.79 bits per heavy atom. The molecule has 5 heteroatoms. The third kappa shape index (κ3) is 2.93. The summed E-state index contributed by atoms with van der Waals surface area (Å²) in [4.78, 5) is 14.3. The van der Waals surface area contributed by atoms with Gasteiger partial charge in [-0.3, -0.25) is 10.2 Å². The molecule has 0 aliphatic carbocycles. The van der Waals surface area contributed by atoms with Gasteiger partial charge >= 0.3 is 0 Å². The summed E-state index contributed by atoms with van der Waals surface area (Å²) in [5.41, 5.74) is 1.60. The third-order valence-electron chi connectivity index (χ3n) is 4.24. The number of carbonyl (C=O) groups excluding carboxylic acids is 1. The van der Waals surface area contributed by atoms with Gasteiger partial charge < -0.3 is 10.0 Å². The summed E-state index contributed by atoms with van der Waals surface area (Å²) in [6, 6.07) is 15.9. The number of hydrogen-bond donors (Lipinski definition) is 2. The predicted octanol–water partition coefficient (Wildman–Crippen LogP) is 4.12. The molecule has 0 bridgehead atoms. The second-order valence-corrected chi connectivity index (χ2v) is 6.19. The summed E-state index contributed by atoms with van der Waals surface area (Å²) in [6.45, 7) is 0. The number of nitrogens with one attached hydrogen (secondary N) is 1. The van der Waals surface area contributed by atoms with Gasteiger partial charge in [0.15, 0.2) is 0 Å². The van der Waals surface area contributed by atoms with E-state index in [2.05, 4.69) is 0 Å². The second kappa shape index (κ2) is 6.49. The largest absolute Gasteiger partial charge is 0.511 e. The van der Waals surface area contributed by atoms with E-state index < -0.39 is 0 Å². The highest BCUT2D eigenvalue weighted by atomic mass is 35.5. The molecule has 2 aromatic rings. The Morgan fingerprint density at radius 1 is 1.17 bits per heavy atom. The van der Waals surface area contributed by atoms with E-state index in [1.807, 2.05) is 18.2 Å². The van der Waals surface area contributed by atoms with Gasteiger partial charge in [0.1, 0.15) is 11.3 Å². The number of halogens is 1. The fraction of sp³-hybridized carbons (Fsp3) is 0.158. The first-order chi connectivity index (χ1) is 11.5. The Morgan fingerprint density at radius 3 is 2.42 bits per heavy atom. The molecule has 2 aromatic carbocycles. The number of benzene rings is 2. The average molecular weight is 341 g/mol. The molecule has 1 aliphatic rings. The van der Waals surface area contributed by atoms with E-state index in [0.29, 0.717) is 10.6 Å². The van der Waals surface area contributed by atoms with Gasteiger partial charge in [0.2, 0.25) is 0 Å². The number of rotatable bonds is 3. The van der Waals surface area contributed by atoms with Crippen LogP contribution in [0.2, 0.25) is 5.02 Å². The van der Waals surface area contributed by atoms with Crippen molar-refractivity contribution >= 4 is 23.2 Å². The van der Waals surface area contributed by atoms with Gasteiger partial charge in [-0.25, -0.2) is 0 Å². The second-order valence-electron chi connectivity index (χ2n) is 5.75. The maximum absolute atomic E-state index is 12.7. The lowest BCUT2D eigenvalue weighted by molar-refractivity contribution is -0.128. The first kappa shape index (κ1) is 16.3. The van der Waals surface area contributed by atoms with E-state index >= 15 is 0 Å². The zero-order chi connectivity index (χ0) is 17.3. The molecule has 0 saturated heterocycles. The Balaban J connectivity index is 1.96. The number of nitrogens with zero attached hydrogens (tertiary/aromatic N) is 1. The molecule has 0 saturated carbocycles. The van der Waals surface area contributed by atoms with Gasteiger partial charge in [-0.15, -0.1) is 0 Å². The van der Waals surface area contributed by atoms with Crippen LogP contribution in [0.15, 0.2) is 65.9 Å². The van der Waals surface area contributed by atoms with Gasteiger partial charge in [-0.05, 0) is 17.7 Å². The van der Waals surface area contributed by atoms with Crippen LogP contribution in [0.1, 0.15) is 23.6 Å². The van der Waals surface area contributed by atoms with Crippen molar-refractivity contribution in [2.24, 2.45) is 0 Å². The molecule has 0 fully saturated rings. The Bertz CT molecular complexity index is 813. The minimum atomic E-state index is -0.354. The number of carbonyl (C=O) groups is 1. The zero-order valence-corrected chi connectivity index (χ0v) is 13.9. The zero-order valence-electron chi connectivity index (χ0n) is 13.2. The molecular weight excluding hydrogens is 324 g/mol. The highest BCUT2D eigenvalue weighted by Crippen LogP contribution is 2.34. The molecule has 122 valence electrons. The molecule has 1 atom stereocenters. The van der Waals surface area contributed by atoms with Gasteiger partial charge in [-0.1, -0.05) is 54.1 Å². The predicted molar refractivity (Wildman–Crippen MR) is 94.5 cm³/mol. The Kier molecular flexibility index (Phi) is 4.40. The van der Waals surface area contributed by atoms with Crippen LogP contribution in [-0.2, 0) is 4.79 Å². The van der Waals surface area contributed by atoms with Crippen molar-refractivity contribution < 1.29 is 9.90 Å². The van der Waals surface area contributed by atoms with E-state index in [1.54, 1.807) is 48.3 Å². The molecule has 24 heavy (non-hydrogen) atoms. The first-order valence-electron chi connectivity index (χ1n) is 7.58. The average Bonchev–Trinajstić information content (AvgIpc) is 2.60. The van der Waals surface area contributed by atoms with Crippen molar-refractivity contribution in [3.63, 3.8) is 0 Å². The molecule has 0 spiro atoms. The highest BCUT2D eigenvalue weighted by molar-refractivity contribution is 6.30. The van der Waals surface area contributed by atoms with Crippen molar-refractivity contribution in [1.29, 1.82) is 5.41 Å². The van der Waals surface area contributed by atoms with Crippen molar-refractivity contribution in [2.75, 3.05) is 7.05 Å². The van der Waals surface area contributed by atoms with E-state index in [0.717, 1.165) is 5.56 Å². The minimum Gasteiger partial charge on any atom is -0.511 e. The fourth-order valence-electron chi connectivity index (χ4n) is 2.89. The van der Waals surface area contributed by atoms with E-state index in [4.69, 9.17) is 17.0 Å². The summed E-state index contributed by atoms with van der Waals surface area (Å²) >= 11 is 5.91. The summed E-state index contributed by atoms with van der Waals surface area (Å²) in [6.07, 6.45) is 0.272. The van der Waals surface area contributed by atoms with Crippen molar-refractivity contribution in [1.82, 2.24) is 4.90 Å². The first-order valence-corrected chi connectivity index (χ1v) is 7.96. The van der Waals surface area contributed by atoms with Gasteiger partial charge in [0.05, 0.1) is 11.8 Å². The van der Waals surface area contributed by atoms with Crippen LogP contribution in [0.5, 0.6) is 0 Å². The molecule has 1 aliphatic heterocycles. The lowest BCUT2D eigenvalue weighted by Gasteiger charge is -2.34. The smallest absolute Gasteiger partial charge is 0.259 e. The molecule has 1 heterocycles. The summed E-state index contributed by atoms with van der Waals surface area (Å²) < 4.78 is 0. The summed E-state index contributed by atoms with van der Waals surface area (Å²) in [7, 11) is 1.69. The van der Waals surface area contributed by atoms with E-state index in [9.17, 15) is 9.90 Å². The lowest BCUT2D eigenvalue weighted by atomic mass is 9.90. The normalized spacial score (nSPS) is 18.0. The van der Waals surface area contributed by atoms with Crippen LogP contribution in [0, 0.1) is 5.41 Å². The lowest BCUT2D eigenvalue weighted by Crippen LogP contribution is -2.39. The third-order valence-corrected chi connectivity index (χ3v) is 4.50. The molecule has 3 rings (SSSR count). The molecule has 4 nitrogen and oxygen atoms in total. The number of hydrogen-bond acceptors (Lipinski definition) is 3. The van der Waals surface area contributed by atoms with Gasteiger partial charge in [0.25, 0.3) is 5.91 Å². The van der Waals surface area contributed by atoms with Crippen molar-refractivity contribution in [2.45, 2.75) is 12.5 Å². The van der Waals surface area contributed by atoms with Gasteiger partial charge in [0, 0.05) is 24.1 Å². The van der Waals surface area contributed by atoms with E-state index in [1.165, 1.54) is 0 Å². The number of amides is 1. The maximum Gasteiger partial charge on any atom is 0.259 e. The monoisotopic (exact) mass is 340 g/mol. The Hall–Kier alpha value is -2.59. The number of likely N-dealkylation sites (N-methyl/N-ethyl adjacent to an activating group) is 1. The standard InChI is InChI=1S/C19H17ClN2O2/c1-22-15(12-7-9-14(20)10-8-12)11-16(23)17(19(22)24)18(21)13-5-3-2-4-6-13/h2-10,15,21,23H,11H2,1H3. The molecule has 0 aromatic heterocycles. The molecule has 0 radical (unpaired) electrons. The van der Waals surface area contributed by atoms with Crippen molar-refractivity contribution in [3.05, 3.63) is 82.1 Å². The molecular formula is C19H17ClN2O2. The van der Waals surface area contributed by atoms with Gasteiger partial charge in [-0.2, -0.15) is 0 Å². The van der Waals surface area contributed by atoms with Crippen LogP contribution in [0.25, 0.3) is 0 Å². The van der Waals surface area contributed by atoms with Crippen LogP contribution < -0.4 is 0 Å². The summed E-state index contributed by atoms with van der Waals surface area (Å²) in [5, 5.41) is 19.4. The number of aliphatic hydroxyl groups excluding tert-OH is 1.